The Labute approximate surface area is 225 Å². The summed E-state index contributed by atoms with van der Waals surface area (Å²) in [6, 6.07) is 15.9. The van der Waals surface area contributed by atoms with E-state index in [-0.39, 0.29) is 0 Å². The third-order valence-corrected chi connectivity index (χ3v) is 8.35. The lowest BCUT2D eigenvalue weighted by molar-refractivity contribution is -0.117. The number of benzene rings is 2. The molecule has 0 spiro atoms. The first-order valence-electron chi connectivity index (χ1n) is 14.5. The fourth-order valence-corrected chi connectivity index (χ4v) is 5.98. The predicted octanol–water partition coefficient (Wildman–Crippen LogP) is 10.3. The van der Waals surface area contributed by atoms with Gasteiger partial charge in [0.2, 0.25) is 0 Å². The number of Topliss-reactive ketones (excluding diaryl/α,β-unsaturated/α-hetero) is 1. The summed E-state index contributed by atoms with van der Waals surface area (Å²) in [7, 11) is 0. The van der Waals surface area contributed by atoms with E-state index in [0.29, 0.717) is 12.2 Å². The highest BCUT2D eigenvalue weighted by Gasteiger charge is 2.23. The molecule has 194 valence electrons. The van der Waals surface area contributed by atoms with Crippen molar-refractivity contribution in [2.45, 2.75) is 90.9 Å². The fourth-order valence-electron chi connectivity index (χ4n) is 5.98. The summed E-state index contributed by atoms with van der Waals surface area (Å²) in [6.07, 6.45) is 25.0. The fraction of sp³-hybridized carbons (Fsp3) is 0.417. The van der Waals surface area contributed by atoms with Crippen LogP contribution in [0.2, 0.25) is 0 Å². The van der Waals surface area contributed by atoms with Gasteiger partial charge in [-0.15, -0.1) is 0 Å². The summed E-state index contributed by atoms with van der Waals surface area (Å²) in [5.41, 5.74) is 9.54. The molecule has 0 amide bonds. The summed E-state index contributed by atoms with van der Waals surface area (Å²) in [4.78, 5) is 11.2. The smallest absolute Gasteiger partial charge is 0.129 e. The van der Waals surface area contributed by atoms with Gasteiger partial charge in [-0.2, -0.15) is 0 Å². The Kier molecular flexibility index (Phi) is 9.94. The third-order valence-electron chi connectivity index (χ3n) is 8.35. The zero-order valence-electron chi connectivity index (χ0n) is 23.1. The minimum atomic E-state index is 0.291. The van der Waals surface area contributed by atoms with E-state index in [2.05, 4.69) is 92.8 Å². The quantitative estimate of drug-likeness (QED) is 0.301. The van der Waals surface area contributed by atoms with Crippen LogP contribution in [0, 0.1) is 12.8 Å². The largest absolute Gasteiger partial charge is 0.300 e. The van der Waals surface area contributed by atoms with Gasteiger partial charge in [0.05, 0.1) is 0 Å². The van der Waals surface area contributed by atoms with E-state index in [4.69, 9.17) is 0 Å². The van der Waals surface area contributed by atoms with E-state index >= 15 is 0 Å². The highest BCUT2D eigenvalue weighted by Crippen LogP contribution is 2.40. The molecule has 1 nitrogen and oxygen atoms in total. The monoisotopic (exact) mass is 492 g/mol. The predicted molar refractivity (Wildman–Crippen MR) is 160 cm³/mol. The van der Waals surface area contributed by atoms with Gasteiger partial charge >= 0.3 is 0 Å². The van der Waals surface area contributed by atoms with Crippen LogP contribution in [0.3, 0.4) is 0 Å². The second-order valence-electron chi connectivity index (χ2n) is 11.1. The standard InChI is InChI=1S/C36H44O/c1-4-29-18-22-33(23-19-29)35-14-9-15-36(28(35)3)34-24-20-30(21-25-34)16-17-32-13-8-7-12-31(26-32)11-6-5-10-27(2)37/h8-9,12-17,20-21,24-26,29,33H,4-7,10-11,18-19,22-23H2,1-3H3/b17-16-. The number of allylic oxidation sites excluding steroid dienone is 7. The molecule has 0 aromatic heterocycles. The van der Waals surface area contributed by atoms with Crippen LogP contribution in [0.15, 0.2) is 84.0 Å². The van der Waals surface area contributed by atoms with Crippen molar-refractivity contribution in [2.24, 2.45) is 5.92 Å². The van der Waals surface area contributed by atoms with Crippen LogP contribution >= 0.6 is 0 Å². The molecule has 0 unspecified atom stereocenters. The average Bonchev–Trinajstić information content (AvgIpc) is 3.15. The zero-order chi connectivity index (χ0) is 26.0. The first-order chi connectivity index (χ1) is 18.0. The van der Waals surface area contributed by atoms with Crippen molar-refractivity contribution in [3.05, 3.63) is 101 Å². The van der Waals surface area contributed by atoms with Crippen LogP contribution in [0.5, 0.6) is 0 Å². The molecular formula is C36H44O. The molecule has 0 bridgehead atoms. The van der Waals surface area contributed by atoms with Gasteiger partial charge in [-0.1, -0.05) is 97.8 Å². The molecule has 1 saturated carbocycles. The molecule has 0 aliphatic heterocycles. The Morgan fingerprint density at radius 3 is 2.49 bits per heavy atom. The number of hydrogen-bond donors (Lipinski definition) is 0. The van der Waals surface area contributed by atoms with Gasteiger partial charge in [0.15, 0.2) is 0 Å². The summed E-state index contributed by atoms with van der Waals surface area (Å²) in [5.74, 6) is 1.95. The van der Waals surface area contributed by atoms with Crippen molar-refractivity contribution in [3.63, 3.8) is 0 Å². The molecule has 0 N–H and O–H groups in total. The molecule has 2 aromatic carbocycles. The molecule has 0 radical (unpaired) electrons. The van der Waals surface area contributed by atoms with Crippen LogP contribution in [0.25, 0.3) is 17.2 Å². The molecular weight excluding hydrogens is 448 g/mol. The Balaban J connectivity index is 1.41. The van der Waals surface area contributed by atoms with Crippen LogP contribution in [0.1, 0.15) is 101 Å². The van der Waals surface area contributed by atoms with Crippen LogP contribution < -0.4 is 0 Å². The van der Waals surface area contributed by atoms with E-state index in [0.717, 1.165) is 37.5 Å². The number of carbonyl (C=O) groups excluding carboxylic acids is 1. The maximum Gasteiger partial charge on any atom is 0.129 e. The van der Waals surface area contributed by atoms with E-state index in [1.165, 1.54) is 65.5 Å². The van der Waals surface area contributed by atoms with Crippen LogP contribution in [0.4, 0.5) is 0 Å². The SMILES string of the molecule is CCC1CCC(c2cccc(-c3ccc(/C=C\C4=CC(CCCCC(C)=O)=CCC=C4)cc3)c2C)CC1. The molecule has 2 aliphatic carbocycles. The van der Waals surface area contributed by atoms with Crippen molar-refractivity contribution >= 4 is 11.9 Å². The van der Waals surface area contributed by atoms with Crippen LogP contribution in [-0.2, 0) is 4.79 Å². The summed E-state index contributed by atoms with van der Waals surface area (Å²) < 4.78 is 0. The van der Waals surface area contributed by atoms with Crippen molar-refractivity contribution in [1.82, 2.24) is 0 Å². The second-order valence-corrected chi connectivity index (χ2v) is 11.1. The van der Waals surface area contributed by atoms with Gasteiger partial charge < -0.3 is 4.79 Å². The zero-order valence-corrected chi connectivity index (χ0v) is 23.1. The van der Waals surface area contributed by atoms with Crippen molar-refractivity contribution in [2.75, 3.05) is 0 Å². The molecule has 4 rings (SSSR count). The van der Waals surface area contributed by atoms with Gasteiger partial charge in [0.1, 0.15) is 5.78 Å². The summed E-state index contributed by atoms with van der Waals surface area (Å²) in [6.45, 7) is 6.34. The van der Waals surface area contributed by atoms with E-state index in [1.807, 2.05) is 0 Å². The molecule has 2 aromatic rings. The molecule has 37 heavy (non-hydrogen) atoms. The Bertz CT molecular complexity index is 1160. The van der Waals surface area contributed by atoms with Gasteiger partial charge in [0, 0.05) is 6.42 Å². The first-order valence-corrected chi connectivity index (χ1v) is 14.5. The van der Waals surface area contributed by atoms with Crippen molar-refractivity contribution in [3.8, 4) is 11.1 Å². The minimum absolute atomic E-state index is 0.291. The highest BCUT2D eigenvalue weighted by atomic mass is 16.1. The number of hydrogen-bond acceptors (Lipinski definition) is 1. The maximum absolute atomic E-state index is 11.2. The normalized spacial score (nSPS) is 20.0. The molecule has 0 heterocycles. The molecule has 1 fully saturated rings. The van der Waals surface area contributed by atoms with Crippen molar-refractivity contribution < 1.29 is 4.79 Å². The number of rotatable bonds is 10. The third kappa shape index (κ3) is 7.78. The number of unbranched alkanes of at least 4 members (excludes halogenated alkanes) is 1. The van der Waals surface area contributed by atoms with Gasteiger partial charge in [-0.05, 0) is 110 Å². The maximum atomic E-state index is 11.2. The lowest BCUT2D eigenvalue weighted by atomic mass is 9.76. The van der Waals surface area contributed by atoms with E-state index in [1.54, 1.807) is 12.5 Å². The topological polar surface area (TPSA) is 17.1 Å². The Hall–Kier alpha value is -2.93. The van der Waals surface area contributed by atoms with E-state index in [9.17, 15) is 4.79 Å². The lowest BCUT2D eigenvalue weighted by Gasteiger charge is -2.29. The summed E-state index contributed by atoms with van der Waals surface area (Å²) >= 11 is 0. The first kappa shape index (κ1) is 27.1. The lowest BCUT2D eigenvalue weighted by Crippen LogP contribution is -2.13. The van der Waals surface area contributed by atoms with Gasteiger partial charge in [-0.3, -0.25) is 0 Å². The second kappa shape index (κ2) is 13.6. The minimum Gasteiger partial charge on any atom is -0.300 e. The highest BCUT2D eigenvalue weighted by molar-refractivity contribution is 5.75. The molecule has 0 saturated heterocycles. The Morgan fingerprint density at radius 1 is 0.973 bits per heavy atom. The molecule has 2 aliphatic rings. The molecule has 1 heteroatoms. The van der Waals surface area contributed by atoms with Gasteiger partial charge in [0.25, 0.3) is 0 Å². The Morgan fingerprint density at radius 2 is 1.76 bits per heavy atom. The summed E-state index contributed by atoms with van der Waals surface area (Å²) in [5, 5.41) is 0. The van der Waals surface area contributed by atoms with Crippen LogP contribution in [-0.4, -0.2) is 5.78 Å². The average molecular weight is 493 g/mol. The number of ketones is 1. The molecule has 0 atom stereocenters. The van der Waals surface area contributed by atoms with E-state index < -0.39 is 0 Å². The van der Waals surface area contributed by atoms with Gasteiger partial charge in [-0.25, -0.2) is 0 Å². The van der Waals surface area contributed by atoms with Crippen molar-refractivity contribution in [1.29, 1.82) is 0 Å². The number of carbonyl (C=O) groups is 1.